The van der Waals surface area contributed by atoms with Gasteiger partial charge in [0.25, 0.3) is 0 Å². The Morgan fingerprint density at radius 3 is 2.93 bits per heavy atom. The molecule has 0 spiro atoms. The first kappa shape index (κ1) is 12.2. The fourth-order valence-corrected chi connectivity index (χ4v) is 1.38. The van der Waals surface area contributed by atoms with Gasteiger partial charge in [-0.15, -0.1) is 0 Å². The van der Waals surface area contributed by atoms with E-state index in [9.17, 15) is 0 Å². The van der Waals surface area contributed by atoms with Crippen LogP contribution < -0.4 is 0 Å². The van der Waals surface area contributed by atoms with Crippen LogP contribution in [0.15, 0.2) is 12.5 Å². The lowest BCUT2D eigenvalue weighted by molar-refractivity contribution is 0.0754. The van der Waals surface area contributed by atoms with Gasteiger partial charge in [0.2, 0.25) is 0 Å². The van der Waals surface area contributed by atoms with Crippen LogP contribution in [0.3, 0.4) is 0 Å². The number of imidazole rings is 1. The fraction of sp³-hybridized carbons (Fsp3) is 0.727. The zero-order chi connectivity index (χ0) is 11.1. The van der Waals surface area contributed by atoms with Gasteiger partial charge in [0, 0.05) is 13.2 Å². The molecule has 1 rings (SSSR count). The Labute approximate surface area is 90.9 Å². The zero-order valence-corrected chi connectivity index (χ0v) is 9.52. The largest absolute Gasteiger partial charge is 0.390 e. The number of aliphatic hydroxyl groups is 1. The van der Waals surface area contributed by atoms with Crippen molar-refractivity contribution >= 4 is 0 Å². The van der Waals surface area contributed by atoms with Crippen LogP contribution in [0.1, 0.15) is 32.4 Å². The summed E-state index contributed by atoms with van der Waals surface area (Å²) in [7, 11) is 0. The van der Waals surface area contributed by atoms with Crippen molar-refractivity contribution in [3.05, 3.63) is 18.2 Å². The van der Waals surface area contributed by atoms with Crippen LogP contribution in [0.2, 0.25) is 0 Å². The maximum atomic E-state index is 9.00. The summed E-state index contributed by atoms with van der Waals surface area (Å²) in [5.41, 5.74) is 0.875. The molecule has 0 radical (unpaired) electrons. The minimum atomic E-state index is 0.0580. The summed E-state index contributed by atoms with van der Waals surface area (Å²) in [5.74, 6) is 0. The second kappa shape index (κ2) is 6.58. The van der Waals surface area contributed by atoms with Gasteiger partial charge in [-0.1, -0.05) is 0 Å². The second-order valence-corrected chi connectivity index (χ2v) is 3.86. The normalized spacial score (nSPS) is 11.2. The number of hydrogen-bond donors (Lipinski definition) is 1. The summed E-state index contributed by atoms with van der Waals surface area (Å²) in [6, 6.07) is 0. The van der Waals surface area contributed by atoms with Crippen LogP contribution >= 0.6 is 0 Å². The molecule has 0 fully saturated rings. The first-order valence-electron chi connectivity index (χ1n) is 5.45. The molecule has 1 aromatic rings. The zero-order valence-electron chi connectivity index (χ0n) is 9.52. The van der Waals surface area contributed by atoms with Gasteiger partial charge in [0.05, 0.1) is 30.9 Å². The Bertz CT molecular complexity index is 271. The molecule has 0 aliphatic rings. The summed E-state index contributed by atoms with van der Waals surface area (Å²) in [6.45, 7) is 5.85. The highest BCUT2D eigenvalue weighted by molar-refractivity contribution is 4.95. The van der Waals surface area contributed by atoms with Crippen molar-refractivity contribution in [2.45, 2.75) is 45.9 Å². The lowest BCUT2D eigenvalue weighted by Gasteiger charge is -2.08. The van der Waals surface area contributed by atoms with Crippen molar-refractivity contribution in [2.24, 2.45) is 0 Å². The molecule has 0 unspecified atom stereocenters. The molecule has 4 nitrogen and oxygen atoms in total. The molecule has 0 aromatic carbocycles. The molecular weight excluding hydrogens is 192 g/mol. The molecule has 0 saturated carbocycles. The van der Waals surface area contributed by atoms with E-state index in [-0.39, 0.29) is 6.61 Å². The smallest absolute Gasteiger partial charge is 0.0948 e. The van der Waals surface area contributed by atoms with E-state index in [0.29, 0.717) is 6.10 Å². The predicted molar refractivity (Wildman–Crippen MR) is 58.5 cm³/mol. The van der Waals surface area contributed by atoms with Crippen molar-refractivity contribution in [2.75, 3.05) is 6.61 Å². The SMILES string of the molecule is CC(C)OCCCCn1cncc1CO. The molecule has 0 aliphatic carbocycles. The van der Waals surface area contributed by atoms with E-state index < -0.39 is 0 Å². The average molecular weight is 212 g/mol. The number of aliphatic hydroxyl groups excluding tert-OH is 1. The number of ether oxygens (including phenoxy) is 1. The topological polar surface area (TPSA) is 47.3 Å². The van der Waals surface area contributed by atoms with Crippen molar-refractivity contribution < 1.29 is 9.84 Å². The number of aryl methyl sites for hydroxylation is 1. The van der Waals surface area contributed by atoms with Crippen LogP contribution in [0.4, 0.5) is 0 Å². The van der Waals surface area contributed by atoms with Crippen molar-refractivity contribution in [1.29, 1.82) is 0 Å². The molecule has 86 valence electrons. The molecule has 0 bridgehead atoms. The van der Waals surface area contributed by atoms with E-state index in [1.807, 2.05) is 18.4 Å². The van der Waals surface area contributed by atoms with Gasteiger partial charge in [0.15, 0.2) is 0 Å². The number of hydrogen-bond acceptors (Lipinski definition) is 3. The van der Waals surface area contributed by atoms with Gasteiger partial charge >= 0.3 is 0 Å². The van der Waals surface area contributed by atoms with Crippen LogP contribution in [0, 0.1) is 0 Å². The Morgan fingerprint density at radius 2 is 2.27 bits per heavy atom. The summed E-state index contributed by atoms with van der Waals surface area (Å²) < 4.78 is 7.43. The molecule has 0 amide bonds. The quantitative estimate of drug-likeness (QED) is 0.698. The van der Waals surface area contributed by atoms with Crippen LogP contribution in [0.25, 0.3) is 0 Å². The second-order valence-electron chi connectivity index (χ2n) is 3.86. The van der Waals surface area contributed by atoms with Crippen LogP contribution in [-0.4, -0.2) is 27.4 Å². The minimum Gasteiger partial charge on any atom is -0.390 e. The van der Waals surface area contributed by atoms with E-state index in [2.05, 4.69) is 4.98 Å². The molecule has 0 aliphatic heterocycles. The van der Waals surface area contributed by atoms with E-state index in [4.69, 9.17) is 9.84 Å². The van der Waals surface area contributed by atoms with E-state index >= 15 is 0 Å². The van der Waals surface area contributed by atoms with Gasteiger partial charge in [0.1, 0.15) is 0 Å². The van der Waals surface area contributed by atoms with Gasteiger partial charge in [-0.3, -0.25) is 0 Å². The lowest BCUT2D eigenvalue weighted by atomic mass is 10.3. The average Bonchev–Trinajstić information content (AvgIpc) is 2.64. The molecule has 1 aromatic heterocycles. The van der Waals surface area contributed by atoms with Crippen molar-refractivity contribution in [3.8, 4) is 0 Å². The molecule has 15 heavy (non-hydrogen) atoms. The Morgan fingerprint density at radius 1 is 1.47 bits per heavy atom. The van der Waals surface area contributed by atoms with Crippen molar-refractivity contribution in [3.63, 3.8) is 0 Å². The molecule has 1 heterocycles. The molecule has 0 atom stereocenters. The first-order valence-corrected chi connectivity index (χ1v) is 5.45. The highest BCUT2D eigenvalue weighted by Crippen LogP contribution is 2.02. The van der Waals surface area contributed by atoms with Crippen molar-refractivity contribution in [1.82, 2.24) is 9.55 Å². The maximum Gasteiger partial charge on any atom is 0.0948 e. The number of nitrogens with zero attached hydrogens (tertiary/aromatic N) is 2. The first-order chi connectivity index (χ1) is 7.24. The predicted octanol–water partition coefficient (Wildman–Crippen LogP) is 1.58. The Hall–Kier alpha value is -0.870. The molecule has 4 heteroatoms. The maximum absolute atomic E-state index is 9.00. The molecule has 1 N–H and O–H groups in total. The molecule has 0 saturated heterocycles. The van der Waals surface area contributed by atoms with Gasteiger partial charge in [-0.25, -0.2) is 4.98 Å². The summed E-state index contributed by atoms with van der Waals surface area (Å²) in [5, 5.41) is 9.00. The van der Waals surface area contributed by atoms with E-state index in [1.54, 1.807) is 12.5 Å². The van der Waals surface area contributed by atoms with Crippen LogP contribution in [-0.2, 0) is 17.9 Å². The number of unbranched alkanes of at least 4 members (excludes halogenated alkanes) is 1. The lowest BCUT2D eigenvalue weighted by Crippen LogP contribution is -2.06. The number of rotatable bonds is 7. The highest BCUT2D eigenvalue weighted by atomic mass is 16.5. The van der Waals surface area contributed by atoms with Crippen LogP contribution in [0.5, 0.6) is 0 Å². The third-order valence-electron chi connectivity index (χ3n) is 2.21. The monoisotopic (exact) mass is 212 g/mol. The van der Waals surface area contributed by atoms with Gasteiger partial charge in [-0.05, 0) is 26.7 Å². The third-order valence-corrected chi connectivity index (χ3v) is 2.21. The number of aromatic nitrogens is 2. The Kier molecular flexibility index (Phi) is 5.36. The van der Waals surface area contributed by atoms with E-state index in [1.165, 1.54) is 0 Å². The van der Waals surface area contributed by atoms with Gasteiger partial charge < -0.3 is 14.4 Å². The third kappa shape index (κ3) is 4.44. The molecular formula is C11H20N2O2. The summed E-state index contributed by atoms with van der Waals surface area (Å²) in [4.78, 5) is 3.99. The summed E-state index contributed by atoms with van der Waals surface area (Å²) >= 11 is 0. The van der Waals surface area contributed by atoms with Gasteiger partial charge in [-0.2, -0.15) is 0 Å². The standard InChI is InChI=1S/C11H20N2O2/c1-10(2)15-6-4-3-5-13-9-12-7-11(13)8-14/h7,9-10,14H,3-6,8H2,1-2H3. The minimum absolute atomic E-state index is 0.0580. The Balaban J connectivity index is 2.15. The van der Waals surface area contributed by atoms with E-state index in [0.717, 1.165) is 31.7 Å². The fourth-order valence-electron chi connectivity index (χ4n) is 1.38. The highest BCUT2D eigenvalue weighted by Gasteiger charge is 2.00. The summed E-state index contributed by atoms with van der Waals surface area (Å²) in [6.07, 6.45) is 5.86.